The third-order valence-electron chi connectivity index (χ3n) is 4.73. The molecule has 0 saturated carbocycles. The van der Waals surface area contributed by atoms with Gasteiger partial charge in [-0.3, -0.25) is 14.6 Å². The van der Waals surface area contributed by atoms with Crippen molar-refractivity contribution < 1.29 is 19.1 Å². The molecule has 3 aromatic rings. The minimum absolute atomic E-state index is 0.153. The average molecular weight is 405 g/mol. The predicted molar refractivity (Wildman–Crippen MR) is 114 cm³/mol. The molecule has 0 fully saturated rings. The molecular formula is C23H23N3O4. The Kier molecular flexibility index (Phi) is 6.41. The van der Waals surface area contributed by atoms with Crippen molar-refractivity contribution in [2.24, 2.45) is 0 Å². The quantitative estimate of drug-likeness (QED) is 0.637. The van der Waals surface area contributed by atoms with Crippen LogP contribution in [0.1, 0.15) is 21.5 Å². The van der Waals surface area contributed by atoms with Crippen LogP contribution in [0.4, 0.5) is 5.69 Å². The van der Waals surface area contributed by atoms with Gasteiger partial charge in [-0.1, -0.05) is 36.4 Å². The van der Waals surface area contributed by atoms with Crippen LogP contribution in [-0.4, -0.2) is 47.9 Å². The summed E-state index contributed by atoms with van der Waals surface area (Å²) in [4.78, 5) is 42.5. The van der Waals surface area contributed by atoms with Crippen LogP contribution in [0.5, 0.6) is 0 Å². The summed E-state index contributed by atoms with van der Waals surface area (Å²) in [6, 6.07) is 14.5. The van der Waals surface area contributed by atoms with Gasteiger partial charge >= 0.3 is 5.97 Å². The lowest BCUT2D eigenvalue weighted by Crippen LogP contribution is -2.37. The fourth-order valence-corrected chi connectivity index (χ4v) is 3.08. The Labute approximate surface area is 174 Å². The maximum absolute atomic E-state index is 12.4. The molecule has 1 heterocycles. The summed E-state index contributed by atoms with van der Waals surface area (Å²) in [7, 11) is 1.49. The molecule has 3 rings (SSSR count). The van der Waals surface area contributed by atoms with E-state index in [4.69, 9.17) is 4.74 Å². The fraction of sp³-hybridized carbons (Fsp3) is 0.217. The van der Waals surface area contributed by atoms with E-state index >= 15 is 0 Å². The molecule has 0 spiro atoms. The van der Waals surface area contributed by atoms with E-state index in [1.807, 2.05) is 44.2 Å². The highest BCUT2D eigenvalue weighted by molar-refractivity contribution is 6.03. The Morgan fingerprint density at radius 3 is 2.40 bits per heavy atom. The minimum atomic E-state index is -0.638. The molecule has 0 aliphatic heterocycles. The number of rotatable bonds is 6. The van der Waals surface area contributed by atoms with Crippen molar-refractivity contribution in [2.45, 2.75) is 13.8 Å². The molecule has 30 heavy (non-hydrogen) atoms. The number of carbonyl (C=O) groups is 3. The molecule has 7 nitrogen and oxygen atoms in total. The van der Waals surface area contributed by atoms with E-state index in [0.29, 0.717) is 5.52 Å². The van der Waals surface area contributed by atoms with Gasteiger partial charge in [-0.25, -0.2) is 4.79 Å². The highest BCUT2D eigenvalue weighted by atomic mass is 16.5. The smallest absolute Gasteiger partial charge is 0.340 e. The van der Waals surface area contributed by atoms with Gasteiger partial charge in [0.2, 0.25) is 5.91 Å². The van der Waals surface area contributed by atoms with Crippen LogP contribution in [0, 0.1) is 13.8 Å². The number of amides is 2. The van der Waals surface area contributed by atoms with E-state index in [0.717, 1.165) is 22.2 Å². The highest BCUT2D eigenvalue weighted by Crippen LogP contribution is 2.19. The number of para-hydroxylation sites is 2. The van der Waals surface area contributed by atoms with Crippen molar-refractivity contribution in [3.63, 3.8) is 0 Å². The van der Waals surface area contributed by atoms with Crippen LogP contribution in [0.15, 0.2) is 54.7 Å². The maximum Gasteiger partial charge on any atom is 0.340 e. The van der Waals surface area contributed by atoms with Crippen molar-refractivity contribution >= 4 is 34.4 Å². The SMILES string of the molecule is Cc1cccc(C)c1NC(=O)CN(C)C(=O)COC(=O)c1cccc2cccnc12. The standard InChI is InChI=1S/C23H23N3O4/c1-15-7-4-8-16(2)21(15)25-19(27)13-26(3)20(28)14-30-23(29)18-11-5-9-17-10-6-12-24-22(17)18/h4-12H,13-14H2,1-3H3,(H,25,27). The molecule has 2 aromatic carbocycles. The second-order valence-corrected chi connectivity index (χ2v) is 7.02. The number of anilines is 1. The van der Waals surface area contributed by atoms with E-state index in [1.54, 1.807) is 24.4 Å². The van der Waals surface area contributed by atoms with E-state index in [1.165, 1.54) is 11.9 Å². The molecule has 7 heteroatoms. The lowest BCUT2D eigenvalue weighted by molar-refractivity contribution is -0.136. The summed E-state index contributed by atoms with van der Waals surface area (Å²) in [5.41, 5.74) is 3.42. The largest absolute Gasteiger partial charge is 0.452 e. The number of nitrogens with one attached hydrogen (secondary N) is 1. The molecule has 154 valence electrons. The van der Waals surface area contributed by atoms with Crippen LogP contribution < -0.4 is 5.32 Å². The van der Waals surface area contributed by atoms with Gasteiger partial charge in [0.25, 0.3) is 5.91 Å². The zero-order valence-electron chi connectivity index (χ0n) is 17.1. The molecule has 0 aliphatic carbocycles. The number of hydrogen-bond donors (Lipinski definition) is 1. The second-order valence-electron chi connectivity index (χ2n) is 7.02. The number of likely N-dealkylation sites (N-methyl/N-ethyl adjacent to an activating group) is 1. The van der Waals surface area contributed by atoms with Crippen LogP contribution in [0.2, 0.25) is 0 Å². The molecular weight excluding hydrogens is 382 g/mol. The van der Waals surface area contributed by atoms with Gasteiger partial charge in [0.05, 0.1) is 17.6 Å². The Bertz CT molecular complexity index is 1090. The molecule has 0 radical (unpaired) electrons. The highest BCUT2D eigenvalue weighted by Gasteiger charge is 2.18. The number of ether oxygens (including phenoxy) is 1. The third-order valence-corrected chi connectivity index (χ3v) is 4.73. The van der Waals surface area contributed by atoms with Gasteiger partial charge in [-0.2, -0.15) is 0 Å². The van der Waals surface area contributed by atoms with Gasteiger partial charge in [-0.15, -0.1) is 0 Å². The van der Waals surface area contributed by atoms with Gasteiger partial charge < -0.3 is 15.0 Å². The first-order valence-corrected chi connectivity index (χ1v) is 9.47. The average Bonchev–Trinajstić information content (AvgIpc) is 2.74. The summed E-state index contributed by atoms with van der Waals surface area (Å²) >= 11 is 0. The molecule has 0 saturated heterocycles. The topological polar surface area (TPSA) is 88.6 Å². The number of esters is 1. The summed E-state index contributed by atoms with van der Waals surface area (Å²) in [5, 5.41) is 3.63. The summed E-state index contributed by atoms with van der Waals surface area (Å²) < 4.78 is 5.16. The fourth-order valence-electron chi connectivity index (χ4n) is 3.08. The molecule has 0 atom stereocenters. The number of carbonyl (C=O) groups excluding carboxylic acids is 3. The molecule has 0 bridgehead atoms. The number of pyridine rings is 1. The molecule has 0 aliphatic rings. The minimum Gasteiger partial charge on any atom is -0.452 e. The number of hydrogen-bond acceptors (Lipinski definition) is 5. The zero-order valence-corrected chi connectivity index (χ0v) is 17.1. The lowest BCUT2D eigenvalue weighted by Gasteiger charge is -2.18. The second kappa shape index (κ2) is 9.17. The predicted octanol–water partition coefficient (Wildman–Crippen LogP) is 3.11. The number of fused-ring (bicyclic) bond motifs is 1. The van der Waals surface area contributed by atoms with Gasteiger partial charge in [-0.05, 0) is 37.1 Å². The normalized spacial score (nSPS) is 10.5. The first-order valence-electron chi connectivity index (χ1n) is 9.47. The molecule has 1 N–H and O–H groups in total. The Morgan fingerprint density at radius 1 is 1.00 bits per heavy atom. The first-order chi connectivity index (χ1) is 14.4. The molecule has 2 amide bonds. The maximum atomic E-state index is 12.4. The summed E-state index contributed by atoms with van der Waals surface area (Å²) in [6.07, 6.45) is 1.59. The lowest BCUT2D eigenvalue weighted by atomic mass is 10.1. The van der Waals surface area contributed by atoms with E-state index in [-0.39, 0.29) is 18.0 Å². The molecule has 0 unspecified atom stereocenters. The van der Waals surface area contributed by atoms with Crippen LogP contribution in [-0.2, 0) is 14.3 Å². The van der Waals surface area contributed by atoms with Crippen LogP contribution in [0.25, 0.3) is 10.9 Å². The first kappa shape index (κ1) is 21.0. The third kappa shape index (κ3) is 4.81. The van der Waals surface area contributed by atoms with Gasteiger partial charge in [0.15, 0.2) is 6.61 Å². The van der Waals surface area contributed by atoms with E-state index in [9.17, 15) is 14.4 Å². The Hall–Kier alpha value is -3.74. The van der Waals surface area contributed by atoms with E-state index in [2.05, 4.69) is 10.3 Å². The van der Waals surface area contributed by atoms with E-state index < -0.39 is 18.5 Å². The zero-order chi connectivity index (χ0) is 21.7. The van der Waals surface area contributed by atoms with Crippen LogP contribution >= 0.6 is 0 Å². The van der Waals surface area contributed by atoms with Crippen molar-refractivity contribution in [1.82, 2.24) is 9.88 Å². The number of aromatic nitrogens is 1. The summed E-state index contributed by atoms with van der Waals surface area (Å²) in [5.74, 6) is -1.44. The van der Waals surface area contributed by atoms with Crippen molar-refractivity contribution in [2.75, 3.05) is 25.5 Å². The van der Waals surface area contributed by atoms with Crippen molar-refractivity contribution in [1.29, 1.82) is 0 Å². The molecule has 1 aromatic heterocycles. The number of nitrogens with zero attached hydrogens (tertiary/aromatic N) is 2. The van der Waals surface area contributed by atoms with Gasteiger partial charge in [0, 0.05) is 24.3 Å². The van der Waals surface area contributed by atoms with Crippen molar-refractivity contribution in [3.05, 3.63) is 71.4 Å². The Balaban J connectivity index is 1.56. The van der Waals surface area contributed by atoms with Crippen molar-refractivity contribution in [3.8, 4) is 0 Å². The van der Waals surface area contributed by atoms with Gasteiger partial charge in [0.1, 0.15) is 0 Å². The number of aryl methyl sites for hydroxylation is 2. The monoisotopic (exact) mass is 405 g/mol. The van der Waals surface area contributed by atoms with Crippen LogP contribution in [0.3, 0.4) is 0 Å². The Morgan fingerprint density at radius 2 is 1.67 bits per heavy atom. The summed E-state index contributed by atoms with van der Waals surface area (Å²) in [6.45, 7) is 3.19. The number of benzene rings is 2.